The van der Waals surface area contributed by atoms with Crippen molar-refractivity contribution in [2.45, 2.75) is 6.54 Å². The van der Waals surface area contributed by atoms with Crippen molar-refractivity contribution in [1.82, 2.24) is 14.8 Å². The van der Waals surface area contributed by atoms with Gasteiger partial charge in [-0.3, -0.25) is 9.89 Å². The van der Waals surface area contributed by atoms with Gasteiger partial charge < -0.3 is 11.1 Å². The Morgan fingerprint density at radius 1 is 1.75 bits per heavy atom. The van der Waals surface area contributed by atoms with E-state index in [1.54, 1.807) is 4.57 Å². The van der Waals surface area contributed by atoms with E-state index in [-0.39, 0.29) is 12.5 Å². The van der Waals surface area contributed by atoms with Crippen LogP contribution in [0.2, 0.25) is 0 Å². The van der Waals surface area contributed by atoms with Crippen LogP contribution >= 0.6 is 0 Å². The van der Waals surface area contributed by atoms with E-state index in [1.807, 2.05) is 30.3 Å². The van der Waals surface area contributed by atoms with E-state index >= 15 is 0 Å². The van der Waals surface area contributed by atoms with E-state index < -0.39 is 0 Å². The molecule has 0 aliphatic heterocycles. The Balaban J connectivity index is 1.97. The number of nitrogens with two attached hydrogens (primary N) is 1. The highest BCUT2D eigenvalue weighted by atomic mass is 16.2. The van der Waals surface area contributed by atoms with Crippen molar-refractivity contribution in [3.05, 3.63) is 24.9 Å². The number of nitrogens with one attached hydrogen (secondary N) is 2. The molecule has 16 heavy (non-hydrogen) atoms. The normalized spacial score (nSPS) is 10.3. The number of hydrogen-bond donors (Lipinski definition) is 3. The van der Waals surface area contributed by atoms with Crippen LogP contribution in [0.1, 0.15) is 0 Å². The van der Waals surface area contributed by atoms with Crippen LogP contribution in [0.15, 0.2) is 24.9 Å². The van der Waals surface area contributed by atoms with E-state index in [2.05, 4.69) is 15.5 Å². The Morgan fingerprint density at radius 2 is 2.56 bits per heavy atom. The topological polar surface area (TPSA) is 92.6 Å². The first-order chi connectivity index (χ1) is 7.65. The van der Waals surface area contributed by atoms with Crippen LogP contribution in [0.4, 0.5) is 11.5 Å². The number of nitrogen functional groups attached to an aromatic ring is 1. The molecule has 0 aromatic carbocycles. The molecule has 0 atom stereocenters. The molecular weight excluding hydrogens is 208 g/mol. The monoisotopic (exact) mass is 221 g/mol. The minimum Gasteiger partial charge on any atom is -0.394 e. The zero-order valence-electron chi connectivity index (χ0n) is 8.84. The quantitative estimate of drug-likeness (QED) is 0.596. The first-order valence-corrected chi connectivity index (χ1v) is 4.75. The Labute approximate surface area is 91.9 Å². The van der Waals surface area contributed by atoms with Crippen molar-refractivity contribution >= 4 is 17.4 Å². The van der Waals surface area contributed by atoms with E-state index in [4.69, 9.17) is 5.73 Å². The highest BCUT2D eigenvalue weighted by Crippen LogP contribution is 2.11. The van der Waals surface area contributed by atoms with Gasteiger partial charge in [0, 0.05) is 0 Å². The van der Waals surface area contributed by atoms with Gasteiger partial charge >= 0.3 is 0 Å². The number of aryl methyl sites for hydroxylation is 1. The molecule has 0 aliphatic carbocycles. The van der Waals surface area contributed by atoms with Gasteiger partial charge in [-0.1, -0.05) is 0 Å². The predicted molar refractivity (Wildman–Crippen MR) is 57.2 cm³/mol. The van der Waals surface area contributed by atoms with Crippen LogP contribution < -0.4 is 15.6 Å². The number of aromatic nitrogens is 4. The summed E-state index contributed by atoms with van der Waals surface area (Å²) in [5, 5.41) is 8.95. The summed E-state index contributed by atoms with van der Waals surface area (Å²) in [6, 6.07) is 0. The van der Waals surface area contributed by atoms with E-state index in [0.29, 0.717) is 11.5 Å². The second kappa shape index (κ2) is 4.05. The molecule has 0 spiro atoms. The molecule has 2 aromatic rings. The number of aromatic amines is 1. The SMILES string of the molecule is C[n+]1ccn(CC(=O)Nc2[nH]ncc2N)c1. The molecule has 0 saturated carbocycles. The molecule has 84 valence electrons. The number of nitrogens with zero attached hydrogens (tertiary/aromatic N) is 3. The van der Waals surface area contributed by atoms with Gasteiger partial charge in [0.1, 0.15) is 12.4 Å². The maximum absolute atomic E-state index is 11.6. The lowest BCUT2D eigenvalue weighted by Gasteiger charge is -2.00. The summed E-state index contributed by atoms with van der Waals surface area (Å²) >= 11 is 0. The molecule has 2 heterocycles. The maximum Gasteiger partial charge on any atom is 0.267 e. The van der Waals surface area contributed by atoms with Crippen LogP contribution in [-0.2, 0) is 18.4 Å². The zero-order valence-corrected chi connectivity index (χ0v) is 8.84. The fourth-order valence-corrected chi connectivity index (χ4v) is 1.34. The van der Waals surface area contributed by atoms with Gasteiger partial charge in [-0.2, -0.15) is 5.10 Å². The third-order valence-corrected chi connectivity index (χ3v) is 2.08. The average molecular weight is 221 g/mol. The number of anilines is 2. The highest BCUT2D eigenvalue weighted by molar-refractivity contribution is 5.92. The van der Waals surface area contributed by atoms with Crippen molar-refractivity contribution in [3.8, 4) is 0 Å². The maximum atomic E-state index is 11.6. The van der Waals surface area contributed by atoms with Gasteiger partial charge in [0.2, 0.25) is 6.33 Å². The smallest absolute Gasteiger partial charge is 0.267 e. The van der Waals surface area contributed by atoms with Crippen molar-refractivity contribution < 1.29 is 9.36 Å². The van der Waals surface area contributed by atoms with Crippen LogP contribution in [0.5, 0.6) is 0 Å². The fraction of sp³-hybridized carbons (Fsp3) is 0.222. The molecule has 0 radical (unpaired) electrons. The molecule has 7 nitrogen and oxygen atoms in total. The summed E-state index contributed by atoms with van der Waals surface area (Å²) in [6.07, 6.45) is 6.94. The molecular formula is C9H13N6O+. The molecule has 0 aliphatic rings. The summed E-state index contributed by atoms with van der Waals surface area (Å²) in [6.45, 7) is 0.235. The second-order valence-corrected chi connectivity index (χ2v) is 3.50. The molecule has 0 fully saturated rings. The van der Waals surface area contributed by atoms with Crippen LogP contribution in [-0.4, -0.2) is 20.7 Å². The zero-order chi connectivity index (χ0) is 11.5. The van der Waals surface area contributed by atoms with Gasteiger partial charge in [-0.25, -0.2) is 9.13 Å². The van der Waals surface area contributed by atoms with Crippen molar-refractivity contribution in [2.24, 2.45) is 7.05 Å². The van der Waals surface area contributed by atoms with Crippen molar-refractivity contribution in [3.63, 3.8) is 0 Å². The minimum absolute atomic E-state index is 0.160. The third-order valence-electron chi connectivity index (χ3n) is 2.08. The lowest BCUT2D eigenvalue weighted by atomic mass is 10.5. The molecule has 0 bridgehead atoms. The van der Waals surface area contributed by atoms with Gasteiger partial charge in [-0.15, -0.1) is 0 Å². The number of carbonyl (C=O) groups excluding carboxylic acids is 1. The molecule has 7 heteroatoms. The lowest BCUT2D eigenvalue weighted by Crippen LogP contribution is -2.25. The van der Waals surface area contributed by atoms with Gasteiger partial charge in [0.05, 0.1) is 18.9 Å². The predicted octanol–water partition coefficient (Wildman–Crippen LogP) is -0.743. The first-order valence-electron chi connectivity index (χ1n) is 4.75. The summed E-state index contributed by atoms with van der Waals surface area (Å²) in [5.74, 6) is 0.272. The standard InChI is InChI=1S/C9H12N6O/c1-14-2-3-15(6-14)5-8(16)12-9-7(10)4-11-13-9/h2-4,6H,5,10H2,1H3,(H-,11,12,13,16)/p+1. The summed E-state index contributed by atoms with van der Waals surface area (Å²) in [4.78, 5) is 11.6. The molecule has 4 N–H and O–H groups in total. The van der Waals surface area contributed by atoms with Crippen LogP contribution in [0, 0.1) is 0 Å². The number of imidazole rings is 1. The number of H-pyrrole nitrogens is 1. The van der Waals surface area contributed by atoms with Crippen molar-refractivity contribution in [2.75, 3.05) is 11.1 Å². The largest absolute Gasteiger partial charge is 0.394 e. The average Bonchev–Trinajstić information content (AvgIpc) is 2.77. The lowest BCUT2D eigenvalue weighted by molar-refractivity contribution is -0.671. The Morgan fingerprint density at radius 3 is 3.12 bits per heavy atom. The molecule has 0 saturated heterocycles. The Hall–Kier alpha value is -2.31. The number of hydrogen-bond acceptors (Lipinski definition) is 3. The fourth-order valence-electron chi connectivity index (χ4n) is 1.34. The Kier molecular flexibility index (Phi) is 2.59. The van der Waals surface area contributed by atoms with Gasteiger partial charge in [0.15, 0.2) is 12.4 Å². The molecule has 1 amide bonds. The highest BCUT2D eigenvalue weighted by Gasteiger charge is 2.10. The number of carbonyl (C=O) groups is 1. The van der Waals surface area contributed by atoms with Crippen molar-refractivity contribution in [1.29, 1.82) is 0 Å². The van der Waals surface area contributed by atoms with Crippen LogP contribution in [0.25, 0.3) is 0 Å². The Bertz CT molecular complexity index is 500. The van der Waals surface area contributed by atoms with Crippen LogP contribution in [0.3, 0.4) is 0 Å². The number of rotatable bonds is 3. The van der Waals surface area contributed by atoms with E-state index in [0.717, 1.165) is 0 Å². The minimum atomic E-state index is -0.160. The number of amides is 1. The first kappa shape index (κ1) is 10.2. The summed E-state index contributed by atoms with van der Waals surface area (Å²) in [5.41, 5.74) is 5.99. The summed E-state index contributed by atoms with van der Waals surface area (Å²) < 4.78 is 3.62. The molecule has 2 aromatic heterocycles. The van der Waals surface area contributed by atoms with Gasteiger partial charge in [-0.05, 0) is 0 Å². The molecule has 0 unspecified atom stereocenters. The van der Waals surface area contributed by atoms with E-state index in [9.17, 15) is 4.79 Å². The van der Waals surface area contributed by atoms with Gasteiger partial charge in [0.25, 0.3) is 5.91 Å². The third kappa shape index (κ3) is 2.19. The second-order valence-electron chi connectivity index (χ2n) is 3.50. The summed E-state index contributed by atoms with van der Waals surface area (Å²) in [7, 11) is 1.89. The van der Waals surface area contributed by atoms with E-state index in [1.165, 1.54) is 6.20 Å². The molecule has 2 rings (SSSR count).